The quantitative estimate of drug-likeness (QED) is 0.285. The molecule has 1 rings (SSSR count). The number of hydrogen-bond donors (Lipinski definition) is 0. The van der Waals surface area contributed by atoms with Gasteiger partial charge in [0.25, 0.3) is 0 Å². The Bertz CT molecular complexity index is 275. The first-order chi connectivity index (χ1) is 8.39. The molecule has 1 aliphatic rings. The van der Waals surface area contributed by atoms with Crippen molar-refractivity contribution in [1.82, 2.24) is 0 Å². The molecule has 1 unspecified atom stereocenters. The highest BCUT2D eigenvalue weighted by Gasteiger charge is 2.42. The van der Waals surface area contributed by atoms with E-state index in [2.05, 4.69) is 47.6 Å². The third kappa shape index (κ3) is 3.90. The van der Waals surface area contributed by atoms with Crippen LogP contribution in [-0.4, -0.2) is 6.71 Å². The third-order valence-electron chi connectivity index (χ3n) is 5.39. The van der Waals surface area contributed by atoms with E-state index in [1.807, 2.05) is 0 Å². The predicted octanol–water partition coefficient (Wildman–Crippen LogP) is 6.22. The summed E-state index contributed by atoms with van der Waals surface area (Å²) in [5.74, 6) is 1.62. The van der Waals surface area contributed by atoms with Gasteiger partial charge in [-0.2, -0.15) is 0 Å². The second-order valence-corrected chi connectivity index (χ2v) is 7.31. The molecule has 0 saturated carbocycles. The van der Waals surface area contributed by atoms with Crippen molar-refractivity contribution < 1.29 is 0 Å². The fourth-order valence-electron chi connectivity index (χ4n) is 3.38. The van der Waals surface area contributed by atoms with Gasteiger partial charge in [-0.3, -0.25) is 0 Å². The molecule has 1 heterocycles. The third-order valence-corrected chi connectivity index (χ3v) is 5.39. The molecule has 1 aliphatic heterocycles. The molecule has 0 spiro atoms. The van der Waals surface area contributed by atoms with Crippen molar-refractivity contribution in [1.29, 1.82) is 0 Å². The van der Waals surface area contributed by atoms with Crippen LogP contribution in [0.25, 0.3) is 0 Å². The Hall–Kier alpha value is -0.195. The summed E-state index contributed by atoms with van der Waals surface area (Å²) in [7, 11) is 0. The molecule has 0 aromatic rings. The lowest BCUT2D eigenvalue weighted by Gasteiger charge is -2.37. The van der Waals surface area contributed by atoms with Crippen LogP contribution in [0, 0.1) is 5.92 Å². The average molecular weight is 248 g/mol. The van der Waals surface area contributed by atoms with E-state index in [-0.39, 0.29) is 0 Å². The topological polar surface area (TPSA) is 0 Å². The van der Waals surface area contributed by atoms with Crippen molar-refractivity contribution in [3.8, 4) is 0 Å². The molecule has 0 amide bonds. The summed E-state index contributed by atoms with van der Waals surface area (Å²) in [6.07, 6.45) is 10.9. The molecule has 0 aliphatic carbocycles. The van der Waals surface area contributed by atoms with Crippen molar-refractivity contribution in [3.63, 3.8) is 0 Å². The largest absolute Gasteiger partial charge is 0.157 e. The molecule has 0 bridgehead atoms. The minimum absolute atomic E-state index is 0.476. The van der Waals surface area contributed by atoms with E-state index in [1.165, 1.54) is 38.4 Å². The van der Waals surface area contributed by atoms with Crippen LogP contribution in [0.3, 0.4) is 0 Å². The standard InChI is InChI=1S/C17H33B/c1-7-8-9-10-11-16-12-15(4)13-18(16)17(5,6)14(2)3/h12,14,16H,7-11,13H2,1-6H3. The molecule has 0 fully saturated rings. The molecule has 104 valence electrons. The second kappa shape index (κ2) is 6.82. The van der Waals surface area contributed by atoms with E-state index in [1.54, 1.807) is 5.57 Å². The van der Waals surface area contributed by atoms with E-state index in [4.69, 9.17) is 0 Å². The summed E-state index contributed by atoms with van der Waals surface area (Å²) in [5.41, 5.74) is 1.63. The van der Waals surface area contributed by atoms with Gasteiger partial charge in [-0.25, -0.2) is 0 Å². The highest BCUT2D eigenvalue weighted by atomic mass is 14.3. The highest BCUT2D eigenvalue weighted by Crippen LogP contribution is 2.49. The van der Waals surface area contributed by atoms with Gasteiger partial charge < -0.3 is 0 Å². The Morgan fingerprint density at radius 1 is 1.28 bits per heavy atom. The fourth-order valence-corrected chi connectivity index (χ4v) is 3.38. The van der Waals surface area contributed by atoms with Gasteiger partial charge in [0.2, 0.25) is 0 Å². The van der Waals surface area contributed by atoms with Gasteiger partial charge in [-0.1, -0.05) is 90.0 Å². The number of hydrogen-bond acceptors (Lipinski definition) is 0. The summed E-state index contributed by atoms with van der Waals surface area (Å²) in [6, 6.07) is 0. The summed E-state index contributed by atoms with van der Waals surface area (Å²) in [5, 5.41) is 0.476. The van der Waals surface area contributed by atoms with Gasteiger partial charge in [-0.15, -0.1) is 0 Å². The van der Waals surface area contributed by atoms with Crippen LogP contribution < -0.4 is 0 Å². The van der Waals surface area contributed by atoms with E-state index < -0.39 is 0 Å². The van der Waals surface area contributed by atoms with E-state index in [0.29, 0.717) is 5.31 Å². The van der Waals surface area contributed by atoms with Gasteiger partial charge in [0, 0.05) is 0 Å². The number of unbranched alkanes of at least 4 members (excludes halogenated alkanes) is 3. The molecule has 0 aromatic carbocycles. The van der Waals surface area contributed by atoms with Crippen molar-refractivity contribution in [3.05, 3.63) is 11.6 Å². The molecule has 0 radical (unpaired) electrons. The van der Waals surface area contributed by atoms with Crippen LogP contribution in [0.15, 0.2) is 11.6 Å². The highest BCUT2D eigenvalue weighted by molar-refractivity contribution is 6.66. The van der Waals surface area contributed by atoms with Crippen LogP contribution in [0.2, 0.25) is 17.5 Å². The monoisotopic (exact) mass is 248 g/mol. The molecule has 18 heavy (non-hydrogen) atoms. The first kappa shape index (κ1) is 15.9. The first-order valence-electron chi connectivity index (χ1n) is 8.06. The maximum atomic E-state index is 2.58. The Kier molecular flexibility index (Phi) is 6.01. The zero-order chi connectivity index (χ0) is 13.8. The minimum Gasteiger partial charge on any atom is -0.0904 e. The average Bonchev–Trinajstić information content (AvgIpc) is 2.66. The van der Waals surface area contributed by atoms with Crippen molar-refractivity contribution >= 4 is 6.71 Å². The molecule has 0 aromatic heterocycles. The Balaban J connectivity index is 2.57. The predicted molar refractivity (Wildman–Crippen MR) is 85.7 cm³/mol. The minimum atomic E-state index is 0.476. The summed E-state index contributed by atoms with van der Waals surface area (Å²) >= 11 is 0. The van der Waals surface area contributed by atoms with Gasteiger partial charge in [0.05, 0.1) is 0 Å². The maximum Gasteiger partial charge on any atom is 0.157 e. The second-order valence-electron chi connectivity index (χ2n) is 7.31. The Morgan fingerprint density at radius 2 is 1.94 bits per heavy atom. The Labute approximate surface area is 116 Å². The van der Waals surface area contributed by atoms with E-state index in [0.717, 1.165) is 18.4 Å². The first-order valence-corrected chi connectivity index (χ1v) is 8.06. The van der Waals surface area contributed by atoms with Gasteiger partial charge in [0.1, 0.15) is 0 Å². The zero-order valence-corrected chi connectivity index (χ0v) is 13.6. The smallest absolute Gasteiger partial charge is 0.0904 e. The molecule has 1 heteroatoms. The summed E-state index contributed by atoms with van der Waals surface area (Å²) in [4.78, 5) is 0. The molecule has 0 N–H and O–H groups in total. The number of allylic oxidation sites excluding steroid dienone is 2. The van der Waals surface area contributed by atoms with Gasteiger partial charge in [0.15, 0.2) is 6.71 Å². The van der Waals surface area contributed by atoms with Crippen LogP contribution in [0.1, 0.15) is 73.6 Å². The molecule has 0 nitrogen and oxygen atoms in total. The SMILES string of the molecule is CCCCCCC1C=C(C)CB1C(C)(C)C(C)C. The van der Waals surface area contributed by atoms with Crippen molar-refractivity contribution in [2.45, 2.75) is 91.1 Å². The molecule has 1 atom stereocenters. The van der Waals surface area contributed by atoms with Crippen LogP contribution in [0.5, 0.6) is 0 Å². The summed E-state index contributed by atoms with van der Waals surface area (Å²) < 4.78 is 0. The van der Waals surface area contributed by atoms with Gasteiger partial charge in [-0.05, 0) is 18.7 Å². The van der Waals surface area contributed by atoms with Crippen LogP contribution in [-0.2, 0) is 0 Å². The van der Waals surface area contributed by atoms with E-state index in [9.17, 15) is 0 Å². The lowest BCUT2D eigenvalue weighted by molar-refractivity contribution is 0.459. The lowest BCUT2D eigenvalue weighted by Crippen LogP contribution is -2.33. The normalized spacial score (nSPS) is 20.7. The Morgan fingerprint density at radius 3 is 2.50 bits per heavy atom. The molecular formula is C17H33B. The summed E-state index contributed by atoms with van der Waals surface area (Å²) in [6.45, 7) is 15.2. The van der Waals surface area contributed by atoms with Crippen LogP contribution in [0.4, 0.5) is 0 Å². The maximum absolute atomic E-state index is 2.58. The lowest BCUT2D eigenvalue weighted by atomic mass is 9.26. The van der Waals surface area contributed by atoms with Crippen molar-refractivity contribution in [2.24, 2.45) is 5.92 Å². The van der Waals surface area contributed by atoms with Crippen molar-refractivity contribution in [2.75, 3.05) is 0 Å². The molecular weight excluding hydrogens is 215 g/mol. The number of rotatable bonds is 7. The van der Waals surface area contributed by atoms with Gasteiger partial charge >= 0.3 is 0 Å². The van der Waals surface area contributed by atoms with E-state index >= 15 is 0 Å². The van der Waals surface area contributed by atoms with Crippen LogP contribution >= 0.6 is 0 Å². The fraction of sp³-hybridized carbons (Fsp3) is 0.882. The molecule has 0 saturated heterocycles. The zero-order valence-electron chi connectivity index (χ0n) is 13.6.